The topological polar surface area (TPSA) is 87.8 Å². The lowest BCUT2D eigenvalue weighted by atomic mass is 10.1. The molecule has 5 heteroatoms. The highest BCUT2D eigenvalue weighted by molar-refractivity contribution is 5.67. The summed E-state index contributed by atoms with van der Waals surface area (Å²) in [5.74, 6) is 1.65. The highest BCUT2D eigenvalue weighted by Crippen LogP contribution is 2.28. The van der Waals surface area contributed by atoms with E-state index in [-0.39, 0.29) is 11.7 Å². The zero-order valence-electron chi connectivity index (χ0n) is 9.23. The first-order valence-corrected chi connectivity index (χ1v) is 5.09. The van der Waals surface area contributed by atoms with Gasteiger partial charge in [-0.25, -0.2) is 4.98 Å². The van der Waals surface area contributed by atoms with Crippen LogP contribution in [0.4, 0.5) is 5.69 Å². The number of hydrogen-bond donors (Lipinski definition) is 3. The smallest absolute Gasteiger partial charge is 0.184 e. The van der Waals surface area contributed by atoms with Gasteiger partial charge in [0.15, 0.2) is 5.82 Å². The van der Waals surface area contributed by atoms with Crippen molar-refractivity contribution >= 4 is 5.69 Å². The quantitative estimate of drug-likeness (QED) is 0.671. The van der Waals surface area contributed by atoms with Crippen molar-refractivity contribution in [2.45, 2.75) is 19.8 Å². The zero-order chi connectivity index (χ0) is 11.7. The first-order chi connectivity index (χ1) is 7.58. The molecule has 0 aliphatic carbocycles. The van der Waals surface area contributed by atoms with Crippen molar-refractivity contribution in [3.05, 3.63) is 24.0 Å². The average molecular weight is 218 g/mol. The Balaban J connectivity index is 2.42. The number of phenolic OH excluding ortho intramolecular Hbond substituents is 1. The van der Waals surface area contributed by atoms with Crippen LogP contribution in [0.5, 0.6) is 5.75 Å². The number of rotatable bonds is 2. The second kappa shape index (κ2) is 3.84. The van der Waals surface area contributed by atoms with E-state index < -0.39 is 0 Å². The number of nitrogens with zero attached hydrogens (tertiary/aromatic N) is 2. The molecule has 0 unspecified atom stereocenters. The fourth-order valence-corrected chi connectivity index (χ4v) is 1.39. The SMILES string of the molecule is CC(C)c1nc(-c2ccc(N)cc2O)n[nH]1. The van der Waals surface area contributed by atoms with Crippen LogP contribution in [0, 0.1) is 0 Å². The lowest BCUT2D eigenvalue weighted by Crippen LogP contribution is -1.90. The number of hydrogen-bond acceptors (Lipinski definition) is 4. The molecule has 0 aliphatic rings. The van der Waals surface area contributed by atoms with Crippen LogP contribution in [0.1, 0.15) is 25.6 Å². The molecule has 0 bridgehead atoms. The molecule has 0 spiro atoms. The van der Waals surface area contributed by atoms with Crippen molar-refractivity contribution in [2.24, 2.45) is 0 Å². The van der Waals surface area contributed by atoms with Gasteiger partial charge in [0.1, 0.15) is 11.6 Å². The first kappa shape index (κ1) is 10.5. The highest BCUT2D eigenvalue weighted by atomic mass is 16.3. The number of H-pyrrole nitrogens is 1. The standard InChI is InChI=1S/C11H14N4O/c1-6(2)10-13-11(15-14-10)8-4-3-7(12)5-9(8)16/h3-6,16H,12H2,1-2H3,(H,13,14,15). The predicted octanol–water partition coefficient (Wildman–Crippen LogP) is 1.88. The summed E-state index contributed by atoms with van der Waals surface area (Å²) in [7, 11) is 0. The summed E-state index contributed by atoms with van der Waals surface area (Å²) in [6.45, 7) is 4.04. The van der Waals surface area contributed by atoms with Crippen LogP contribution < -0.4 is 5.73 Å². The van der Waals surface area contributed by atoms with Gasteiger partial charge in [-0.1, -0.05) is 13.8 Å². The van der Waals surface area contributed by atoms with E-state index in [4.69, 9.17) is 5.73 Å². The Morgan fingerprint density at radius 1 is 1.38 bits per heavy atom. The Bertz CT molecular complexity index is 504. The Labute approximate surface area is 93.3 Å². The molecule has 1 aromatic carbocycles. The molecule has 0 atom stereocenters. The van der Waals surface area contributed by atoms with Crippen LogP contribution in [0.2, 0.25) is 0 Å². The number of benzene rings is 1. The number of phenols is 1. The second-order valence-corrected chi connectivity index (χ2v) is 3.98. The summed E-state index contributed by atoms with van der Waals surface area (Å²) in [4.78, 5) is 4.30. The van der Waals surface area contributed by atoms with Gasteiger partial charge in [0.05, 0.1) is 5.56 Å². The van der Waals surface area contributed by atoms with Gasteiger partial charge in [-0.05, 0) is 12.1 Å². The van der Waals surface area contributed by atoms with Crippen LogP contribution in [0.15, 0.2) is 18.2 Å². The summed E-state index contributed by atoms with van der Waals surface area (Å²) >= 11 is 0. The Morgan fingerprint density at radius 3 is 2.69 bits per heavy atom. The summed E-state index contributed by atoms with van der Waals surface area (Å²) in [5, 5.41) is 16.6. The van der Waals surface area contributed by atoms with Gasteiger partial charge in [0, 0.05) is 17.7 Å². The molecule has 0 saturated heterocycles. The van der Waals surface area contributed by atoms with E-state index in [0.29, 0.717) is 17.1 Å². The molecule has 0 aliphatic heterocycles. The van der Waals surface area contributed by atoms with E-state index in [1.807, 2.05) is 13.8 Å². The Morgan fingerprint density at radius 2 is 2.12 bits per heavy atom. The molecular weight excluding hydrogens is 204 g/mol. The fraction of sp³-hybridized carbons (Fsp3) is 0.273. The number of aromatic hydroxyl groups is 1. The van der Waals surface area contributed by atoms with E-state index in [2.05, 4.69) is 15.2 Å². The molecule has 16 heavy (non-hydrogen) atoms. The third kappa shape index (κ3) is 1.84. The van der Waals surface area contributed by atoms with E-state index >= 15 is 0 Å². The zero-order valence-corrected chi connectivity index (χ0v) is 9.23. The molecule has 0 saturated carbocycles. The predicted molar refractivity (Wildman–Crippen MR) is 62.0 cm³/mol. The van der Waals surface area contributed by atoms with E-state index in [9.17, 15) is 5.11 Å². The Kier molecular flexibility index (Phi) is 2.52. The molecule has 1 aromatic heterocycles. The van der Waals surface area contributed by atoms with Crippen molar-refractivity contribution in [1.29, 1.82) is 0 Å². The van der Waals surface area contributed by atoms with Crippen molar-refractivity contribution in [3.63, 3.8) is 0 Å². The van der Waals surface area contributed by atoms with Crippen LogP contribution in [0.25, 0.3) is 11.4 Å². The van der Waals surface area contributed by atoms with Gasteiger partial charge in [0.2, 0.25) is 0 Å². The minimum atomic E-state index is 0.0920. The first-order valence-electron chi connectivity index (χ1n) is 5.09. The monoisotopic (exact) mass is 218 g/mol. The largest absolute Gasteiger partial charge is 0.507 e. The summed E-state index contributed by atoms with van der Waals surface area (Å²) < 4.78 is 0. The van der Waals surface area contributed by atoms with Gasteiger partial charge in [0.25, 0.3) is 0 Å². The Hall–Kier alpha value is -2.04. The summed E-state index contributed by atoms with van der Waals surface area (Å²) in [6, 6.07) is 4.90. The molecule has 0 amide bonds. The van der Waals surface area contributed by atoms with Gasteiger partial charge in [-0.15, -0.1) is 0 Å². The molecule has 0 fully saturated rings. The lowest BCUT2D eigenvalue weighted by Gasteiger charge is -2.01. The number of aromatic nitrogens is 3. The molecule has 0 radical (unpaired) electrons. The number of nitrogens with two attached hydrogens (primary N) is 1. The molecule has 84 valence electrons. The third-order valence-corrected chi connectivity index (χ3v) is 2.31. The van der Waals surface area contributed by atoms with Crippen molar-refractivity contribution in [3.8, 4) is 17.1 Å². The maximum absolute atomic E-state index is 9.72. The number of nitrogens with one attached hydrogen (secondary N) is 1. The minimum absolute atomic E-state index is 0.0920. The van der Waals surface area contributed by atoms with E-state index in [1.165, 1.54) is 6.07 Å². The number of nitrogen functional groups attached to an aromatic ring is 1. The maximum Gasteiger partial charge on any atom is 0.184 e. The number of anilines is 1. The van der Waals surface area contributed by atoms with Crippen molar-refractivity contribution < 1.29 is 5.11 Å². The van der Waals surface area contributed by atoms with Crippen LogP contribution in [0.3, 0.4) is 0 Å². The normalized spacial score (nSPS) is 10.9. The maximum atomic E-state index is 9.72. The fourth-order valence-electron chi connectivity index (χ4n) is 1.39. The number of aromatic amines is 1. The van der Waals surface area contributed by atoms with Crippen LogP contribution >= 0.6 is 0 Å². The molecular formula is C11H14N4O. The molecule has 4 N–H and O–H groups in total. The van der Waals surface area contributed by atoms with Gasteiger partial charge < -0.3 is 10.8 Å². The molecule has 5 nitrogen and oxygen atoms in total. The summed E-state index contributed by atoms with van der Waals surface area (Å²) in [5.41, 5.74) is 6.65. The average Bonchev–Trinajstić information content (AvgIpc) is 2.66. The van der Waals surface area contributed by atoms with Gasteiger partial charge in [-0.2, -0.15) is 5.10 Å². The molecule has 2 aromatic rings. The van der Waals surface area contributed by atoms with E-state index in [1.54, 1.807) is 12.1 Å². The highest BCUT2D eigenvalue weighted by Gasteiger charge is 2.11. The van der Waals surface area contributed by atoms with Crippen molar-refractivity contribution in [1.82, 2.24) is 15.2 Å². The second-order valence-electron chi connectivity index (χ2n) is 3.98. The van der Waals surface area contributed by atoms with E-state index in [0.717, 1.165) is 5.82 Å². The van der Waals surface area contributed by atoms with Crippen molar-refractivity contribution in [2.75, 3.05) is 5.73 Å². The molecule has 2 rings (SSSR count). The lowest BCUT2D eigenvalue weighted by molar-refractivity contribution is 0.477. The van der Waals surface area contributed by atoms with Crippen LogP contribution in [-0.2, 0) is 0 Å². The van der Waals surface area contributed by atoms with Gasteiger partial charge >= 0.3 is 0 Å². The van der Waals surface area contributed by atoms with Crippen LogP contribution in [-0.4, -0.2) is 20.3 Å². The third-order valence-electron chi connectivity index (χ3n) is 2.31. The van der Waals surface area contributed by atoms with Gasteiger partial charge in [-0.3, -0.25) is 5.10 Å². The minimum Gasteiger partial charge on any atom is -0.507 e. The molecule has 1 heterocycles. The summed E-state index contributed by atoms with van der Waals surface area (Å²) in [6.07, 6.45) is 0.